The SMILES string of the molecule is C/C(=N\Nc1nc(Nc2ccccc2)nc(-n2nc(C)cc2C)n1)c1ccc(F)cc1. The molecule has 0 saturated heterocycles. The topological polar surface area (TPSA) is 92.9 Å². The van der Waals surface area contributed by atoms with Crippen LogP contribution in [-0.4, -0.2) is 30.4 Å². The number of hydrazone groups is 1. The highest BCUT2D eigenvalue weighted by Crippen LogP contribution is 2.17. The van der Waals surface area contributed by atoms with Crippen LogP contribution in [0.4, 0.5) is 22.0 Å². The van der Waals surface area contributed by atoms with E-state index >= 15 is 0 Å². The number of hydrogen-bond donors (Lipinski definition) is 2. The zero-order chi connectivity index (χ0) is 21.8. The number of nitrogens with zero attached hydrogens (tertiary/aromatic N) is 6. The number of aromatic nitrogens is 5. The summed E-state index contributed by atoms with van der Waals surface area (Å²) in [5.41, 5.74) is 6.90. The summed E-state index contributed by atoms with van der Waals surface area (Å²) in [6.45, 7) is 5.65. The van der Waals surface area contributed by atoms with Crippen molar-refractivity contribution in [2.75, 3.05) is 10.7 Å². The number of anilines is 3. The van der Waals surface area contributed by atoms with E-state index in [9.17, 15) is 4.39 Å². The molecule has 0 atom stereocenters. The molecule has 4 aromatic rings. The van der Waals surface area contributed by atoms with E-state index in [-0.39, 0.29) is 11.8 Å². The van der Waals surface area contributed by atoms with Gasteiger partial charge in [-0.25, -0.2) is 14.5 Å². The fraction of sp³-hybridized carbons (Fsp3) is 0.136. The van der Waals surface area contributed by atoms with Gasteiger partial charge in [-0.3, -0.25) is 0 Å². The van der Waals surface area contributed by atoms with Gasteiger partial charge in [0, 0.05) is 11.4 Å². The minimum Gasteiger partial charge on any atom is -0.324 e. The van der Waals surface area contributed by atoms with Crippen molar-refractivity contribution in [3.05, 3.63) is 83.4 Å². The Labute approximate surface area is 178 Å². The van der Waals surface area contributed by atoms with Gasteiger partial charge in [0.15, 0.2) is 0 Å². The Hall–Kier alpha value is -4.14. The van der Waals surface area contributed by atoms with E-state index in [0.29, 0.717) is 17.6 Å². The van der Waals surface area contributed by atoms with Gasteiger partial charge >= 0.3 is 0 Å². The fourth-order valence-electron chi connectivity index (χ4n) is 2.94. The lowest BCUT2D eigenvalue weighted by Gasteiger charge is -2.10. The van der Waals surface area contributed by atoms with Crippen LogP contribution < -0.4 is 10.7 Å². The van der Waals surface area contributed by atoms with Crippen molar-refractivity contribution in [3.63, 3.8) is 0 Å². The molecule has 156 valence electrons. The van der Waals surface area contributed by atoms with Gasteiger partial charge in [-0.05, 0) is 56.7 Å². The number of halogens is 1. The van der Waals surface area contributed by atoms with E-state index in [0.717, 1.165) is 22.6 Å². The second kappa shape index (κ2) is 8.70. The second-order valence-corrected chi connectivity index (χ2v) is 6.93. The molecule has 2 N–H and O–H groups in total. The van der Waals surface area contributed by atoms with E-state index < -0.39 is 0 Å². The third-order valence-corrected chi connectivity index (χ3v) is 4.44. The van der Waals surface area contributed by atoms with Crippen LogP contribution >= 0.6 is 0 Å². The Kier molecular flexibility index (Phi) is 5.65. The molecular weight excluding hydrogens is 395 g/mol. The molecule has 2 aromatic heterocycles. The van der Waals surface area contributed by atoms with Crippen LogP contribution in [0.5, 0.6) is 0 Å². The van der Waals surface area contributed by atoms with Gasteiger partial charge in [0.1, 0.15) is 5.82 Å². The van der Waals surface area contributed by atoms with Crippen LogP contribution in [-0.2, 0) is 0 Å². The molecule has 0 fully saturated rings. The molecule has 0 saturated carbocycles. The lowest BCUT2D eigenvalue weighted by atomic mass is 10.1. The lowest BCUT2D eigenvalue weighted by molar-refractivity contribution is 0.628. The normalized spacial score (nSPS) is 11.4. The van der Waals surface area contributed by atoms with E-state index in [4.69, 9.17) is 0 Å². The van der Waals surface area contributed by atoms with E-state index in [1.54, 1.807) is 16.8 Å². The fourth-order valence-corrected chi connectivity index (χ4v) is 2.94. The average molecular weight is 416 g/mol. The van der Waals surface area contributed by atoms with Gasteiger partial charge < -0.3 is 5.32 Å². The van der Waals surface area contributed by atoms with Gasteiger partial charge in [0.2, 0.25) is 11.9 Å². The maximum absolute atomic E-state index is 13.2. The molecule has 0 unspecified atom stereocenters. The number of nitrogens with one attached hydrogen (secondary N) is 2. The van der Waals surface area contributed by atoms with Gasteiger partial charge in [-0.15, -0.1) is 0 Å². The molecule has 4 rings (SSSR count). The Bertz CT molecular complexity index is 1220. The van der Waals surface area contributed by atoms with Crippen LogP contribution in [0.15, 0.2) is 65.8 Å². The highest BCUT2D eigenvalue weighted by molar-refractivity contribution is 5.98. The first-order chi connectivity index (χ1) is 15.0. The average Bonchev–Trinajstić information content (AvgIpc) is 3.11. The highest BCUT2D eigenvalue weighted by atomic mass is 19.1. The summed E-state index contributed by atoms with van der Waals surface area (Å²) < 4.78 is 14.8. The minimum atomic E-state index is -0.298. The van der Waals surface area contributed by atoms with Crippen LogP contribution in [0, 0.1) is 19.7 Å². The number of para-hydroxylation sites is 1. The van der Waals surface area contributed by atoms with Gasteiger partial charge in [0.25, 0.3) is 5.95 Å². The largest absolute Gasteiger partial charge is 0.324 e. The molecule has 2 aromatic carbocycles. The van der Waals surface area contributed by atoms with Crippen LogP contribution in [0.1, 0.15) is 23.9 Å². The monoisotopic (exact) mass is 416 g/mol. The van der Waals surface area contributed by atoms with E-state index in [2.05, 4.69) is 35.9 Å². The summed E-state index contributed by atoms with van der Waals surface area (Å²) in [5, 5.41) is 12.0. The summed E-state index contributed by atoms with van der Waals surface area (Å²) in [6.07, 6.45) is 0. The van der Waals surface area contributed by atoms with Crippen LogP contribution in [0.2, 0.25) is 0 Å². The van der Waals surface area contributed by atoms with Gasteiger partial charge in [-0.1, -0.05) is 30.3 Å². The number of benzene rings is 2. The third-order valence-electron chi connectivity index (χ3n) is 4.44. The smallest absolute Gasteiger partial charge is 0.257 e. The predicted octanol–water partition coefficient (Wildman–Crippen LogP) is 4.39. The van der Waals surface area contributed by atoms with Crippen LogP contribution in [0.3, 0.4) is 0 Å². The Morgan fingerprint density at radius 2 is 1.65 bits per heavy atom. The van der Waals surface area contributed by atoms with Crippen molar-refractivity contribution in [1.29, 1.82) is 0 Å². The molecule has 0 amide bonds. The van der Waals surface area contributed by atoms with E-state index in [1.807, 2.05) is 57.2 Å². The molecule has 2 heterocycles. The number of hydrogen-bond acceptors (Lipinski definition) is 7. The maximum Gasteiger partial charge on any atom is 0.257 e. The first-order valence-corrected chi connectivity index (χ1v) is 9.66. The molecule has 0 aliphatic rings. The zero-order valence-corrected chi connectivity index (χ0v) is 17.3. The first-order valence-electron chi connectivity index (χ1n) is 9.66. The summed E-state index contributed by atoms with van der Waals surface area (Å²) in [6, 6.07) is 17.6. The summed E-state index contributed by atoms with van der Waals surface area (Å²) >= 11 is 0. The molecule has 0 aliphatic carbocycles. The standard InChI is InChI=1S/C22H21FN8/c1-14-13-15(2)31(30-14)22-26-20(24-19-7-5-4-6-8-19)25-21(27-22)29-28-16(3)17-9-11-18(23)12-10-17/h4-13H,1-3H3,(H2,24,25,26,27,29)/b28-16+. The Morgan fingerprint density at radius 1 is 0.935 bits per heavy atom. The van der Waals surface area contributed by atoms with Crippen molar-refractivity contribution >= 4 is 23.3 Å². The molecule has 0 aliphatic heterocycles. The molecule has 9 heteroatoms. The number of rotatable bonds is 6. The molecular formula is C22H21FN8. The van der Waals surface area contributed by atoms with Crippen molar-refractivity contribution in [3.8, 4) is 5.95 Å². The summed E-state index contributed by atoms with van der Waals surface area (Å²) in [7, 11) is 0. The molecule has 8 nitrogen and oxygen atoms in total. The van der Waals surface area contributed by atoms with Gasteiger partial charge in [0.05, 0.1) is 11.4 Å². The second-order valence-electron chi connectivity index (χ2n) is 6.93. The third kappa shape index (κ3) is 4.89. The molecule has 0 spiro atoms. The molecule has 0 bridgehead atoms. The van der Waals surface area contributed by atoms with Crippen molar-refractivity contribution in [2.24, 2.45) is 5.10 Å². The Morgan fingerprint density at radius 3 is 2.32 bits per heavy atom. The molecule has 0 radical (unpaired) electrons. The van der Waals surface area contributed by atoms with Gasteiger partial charge in [-0.2, -0.15) is 25.2 Å². The van der Waals surface area contributed by atoms with Crippen molar-refractivity contribution < 1.29 is 4.39 Å². The first kappa shape index (κ1) is 20.1. The maximum atomic E-state index is 13.2. The zero-order valence-electron chi connectivity index (χ0n) is 17.3. The Balaban J connectivity index is 1.67. The molecule has 31 heavy (non-hydrogen) atoms. The minimum absolute atomic E-state index is 0.248. The highest BCUT2D eigenvalue weighted by Gasteiger charge is 2.12. The quantitative estimate of drug-likeness (QED) is 0.358. The van der Waals surface area contributed by atoms with E-state index in [1.165, 1.54) is 12.1 Å². The number of aryl methyl sites for hydroxylation is 2. The lowest BCUT2D eigenvalue weighted by Crippen LogP contribution is -2.11. The van der Waals surface area contributed by atoms with Crippen molar-refractivity contribution in [2.45, 2.75) is 20.8 Å². The van der Waals surface area contributed by atoms with Crippen LogP contribution in [0.25, 0.3) is 5.95 Å². The summed E-state index contributed by atoms with van der Waals surface area (Å²) in [5.74, 6) is 0.655. The van der Waals surface area contributed by atoms with Crippen molar-refractivity contribution in [1.82, 2.24) is 24.7 Å². The predicted molar refractivity (Wildman–Crippen MR) is 118 cm³/mol. The summed E-state index contributed by atoms with van der Waals surface area (Å²) in [4.78, 5) is 13.4.